The molecule has 15 heavy (non-hydrogen) atoms. The van der Waals surface area contributed by atoms with Gasteiger partial charge >= 0.3 is 0 Å². The number of halogens is 2. The van der Waals surface area contributed by atoms with Crippen LogP contribution in [0.5, 0.6) is 0 Å². The Labute approximate surface area is 101 Å². The van der Waals surface area contributed by atoms with Crippen molar-refractivity contribution in [3.05, 3.63) is 33.8 Å². The summed E-state index contributed by atoms with van der Waals surface area (Å²) in [7, 11) is 0. The van der Waals surface area contributed by atoms with Crippen molar-refractivity contribution in [2.75, 3.05) is 6.61 Å². The molecule has 1 rings (SSSR count). The molecule has 1 nitrogen and oxygen atoms in total. The van der Waals surface area contributed by atoms with Crippen LogP contribution in [0.25, 0.3) is 0 Å². The summed E-state index contributed by atoms with van der Waals surface area (Å²) in [5.74, 6) is 0. The molecule has 0 radical (unpaired) electrons. The van der Waals surface area contributed by atoms with Crippen molar-refractivity contribution in [1.29, 1.82) is 0 Å². The minimum absolute atomic E-state index is 0.316. The zero-order valence-corrected chi connectivity index (χ0v) is 10.6. The van der Waals surface area contributed by atoms with Crippen LogP contribution in [-0.2, 0) is 11.2 Å². The van der Waals surface area contributed by atoms with Crippen molar-refractivity contribution in [3.63, 3.8) is 0 Å². The van der Waals surface area contributed by atoms with Crippen LogP contribution in [0.1, 0.15) is 25.8 Å². The molecule has 0 fully saturated rings. The first-order valence-electron chi connectivity index (χ1n) is 5.19. The van der Waals surface area contributed by atoms with Crippen LogP contribution < -0.4 is 0 Å². The van der Waals surface area contributed by atoms with E-state index in [1.165, 1.54) is 0 Å². The first-order chi connectivity index (χ1) is 7.13. The summed E-state index contributed by atoms with van der Waals surface area (Å²) in [5.41, 5.74) is 1.09. The van der Waals surface area contributed by atoms with E-state index >= 15 is 0 Å². The molecule has 0 spiro atoms. The third kappa shape index (κ3) is 4.42. The number of benzene rings is 1. The molecule has 0 aliphatic carbocycles. The first-order valence-corrected chi connectivity index (χ1v) is 5.94. The van der Waals surface area contributed by atoms with Crippen LogP contribution in [0.3, 0.4) is 0 Å². The number of hydrogen-bond acceptors (Lipinski definition) is 1. The Balaban J connectivity index is 2.44. The summed E-state index contributed by atoms with van der Waals surface area (Å²) in [5, 5.41) is 1.39. The standard InChI is InChI=1S/C12H16Cl2O/c1-3-9(2)15-7-6-10-4-5-11(13)8-12(10)14/h4-5,8-9H,3,6-7H2,1-2H3. The smallest absolute Gasteiger partial charge is 0.0544 e. The van der Waals surface area contributed by atoms with Crippen LogP contribution in [0.2, 0.25) is 10.0 Å². The van der Waals surface area contributed by atoms with Gasteiger partial charge in [-0.05, 0) is 37.5 Å². The van der Waals surface area contributed by atoms with Gasteiger partial charge in [-0.15, -0.1) is 0 Å². The Hall–Kier alpha value is -0.240. The third-order valence-corrected chi connectivity index (χ3v) is 2.95. The molecule has 3 heteroatoms. The third-order valence-electron chi connectivity index (χ3n) is 2.36. The number of ether oxygens (including phenoxy) is 1. The lowest BCUT2D eigenvalue weighted by Gasteiger charge is -2.11. The maximum absolute atomic E-state index is 6.04. The minimum Gasteiger partial charge on any atom is -0.378 e. The van der Waals surface area contributed by atoms with Gasteiger partial charge in [-0.2, -0.15) is 0 Å². The highest BCUT2D eigenvalue weighted by atomic mass is 35.5. The molecule has 1 aromatic carbocycles. The lowest BCUT2D eigenvalue weighted by molar-refractivity contribution is 0.0659. The summed E-state index contributed by atoms with van der Waals surface area (Å²) < 4.78 is 5.59. The fourth-order valence-corrected chi connectivity index (χ4v) is 1.72. The Morgan fingerprint density at radius 1 is 1.33 bits per heavy atom. The molecule has 1 atom stereocenters. The molecule has 0 aliphatic rings. The van der Waals surface area contributed by atoms with Crippen LogP contribution >= 0.6 is 23.2 Å². The van der Waals surface area contributed by atoms with Crippen molar-refractivity contribution in [2.45, 2.75) is 32.8 Å². The highest BCUT2D eigenvalue weighted by Gasteiger charge is 2.03. The summed E-state index contributed by atoms with van der Waals surface area (Å²) >= 11 is 11.8. The SMILES string of the molecule is CCC(C)OCCc1ccc(Cl)cc1Cl. The second-order valence-electron chi connectivity index (χ2n) is 3.58. The molecule has 1 aromatic rings. The van der Waals surface area contributed by atoms with Crippen LogP contribution in [-0.4, -0.2) is 12.7 Å². The molecule has 0 saturated carbocycles. The molecule has 84 valence electrons. The largest absolute Gasteiger partial charge is 0.378 e. The molecular weight excluding hydrogens is 231 g/mol. The Bertz CT molecular complexity index is 312. The van der Waals surface area contributed by atoms with E-state index in [0.717, 1.165) is 23.4 Å². The zero-order valence-electron chi connectivity index (χ0n) is 9.09. The molecule has 0 N–H and O–H groups in total. The number of rotatable bonds is 5. The average Bonchev–Trinajstić information content (AvgIpc) is 2.21. The van der Waals surface area contributed by atoms with Gasteiger partial charge in [0.1, 0.15) is 0 Å². The van der Waals surface area contributed by atoms with Gasteiger partial charge in [0.2, 0.25) is 0 Å². The van der Waals surface area contributed by atoms with E-state index in [1.54, 1.807) is 6.07 Å². The Kier molecular flexibility index (Phi) is 5.44. The second-order valence-corrected chi connectivity index (χ2v) is 4.42. The normalized spacial score (nSPS) is 12.8. The molecule has 0 aliphatic heterocycles. The van der Waals surface area contributed by atoms with Crippen LogP contribution in [0, 0.1) is 0 Å². The predicted octanol–water partition coefficient (Wildman–Crippen LogP) is 4.35. The highest BCUT2D eigenvalue weighted by molar-refractivity contribution is 6.35. The van der Waals surface area contributed by atoms with E-state index in [9.17, 15) is 0 Å². The fourth-order valence-electron chi connectivity index (χ4n) is 1.21. The molecule has 0 heterocycles. The molecule has 0 saturated heterocycles. The van der Waals surface area contributed by atoms with Crippen LogP contribution in [0.4, 0.5) is 0 Å². The van der Waals surface area contributed by atoms with E-state index in [1.807, 2.05) is 12.1 Å². The topological polar surface area (TPSA) is 9.23 Å². The second kappa shape index (κ2) is 6.37. The first kappa shape index (κ1) is 12.8. The van der Waals surface area contributed by atoms with Crippen molar-refractivity contribution in [1.82, 2.24) is 0 Å². The average molecular weight is 247 g/mol. The fraction of sp³-hybridized carbons (Fsp3) is 0.500. The monoisotopic (exact) mass is 246 g/mol. The van der Waals surface area contributed by atoms with Gasteiger partial charge in [-0.3, -0.25) is 0 Å². The van der Waals surface area contributed by atoms with Gasteiger partial charge in [0.15, 0.2) is 0 Å². The summed E-state index contributed by atoms with van der Waals surface area (Å²) in [6.07, 6.45) is 2.19. The Morgan fingerprint density at radius 3 is 2.67 bits per heavy atom. The van der Waals surface area contributed by atoms with E-state index in [-0.39, 0.29) is 0 Å². The maximum atomic E-state index is 6.04. The zero-order chi connectivity index (χ0) is 11.3. The van der Waals surface area contributed by atoms with Crippen molar-refractivity contribution in [2.24, 2.45) is 0 Å². The van der Waals surface area contributed by atoms with Crippen molar-refractivity contribution < 1.29 is 4.74 Å². The summed E-state index contributed by atoms with van der Waals surface area (Å²) in [6.45, 7) is 4.89. The quantitative estimate of drug-likeness (QED) is 0.751. The van der Waals surface area contributed by atoms with Gasteiger partial charge in [-0.1, -0.05) is 36.2 Å². The van der Waals surface area contributed by atoms with E-state index in [0.29, 0.717) is 17.7 Å². The van der Waals surface area contributed by atoms with Crippen molar-refractivity contribution >= 4 is 23.2 Å². The molecular formula is C12H16Cl2O. The molecule has 0 bridgehead atoms. The van der Waals surface area contributed by atoms with E-state index in [4.69, 9.17) is 27.9 Å². The minimum atomic E-state index is 0.316. The highest BCUT2D eigenvalue weighted by Crippen LogP contribution is 2.21. The molecule has 0 amide bonds. The summed E-state index contributed by atoms with van der Waals surface area (Å²) in [4.78, 5) is 0. The predicted molar refractivity (Wildman–Crippen MR) is 65.9 cm³/mol. The van der Waals surface area contributed by atoms with Crippen molar-refractivity contribution in [3.8, 4) is 0 Å². The lowest BCUT2D eigenvalue weighted by atomic mass is 10.1. The van der Waals surface area contributed by atoms with Gasteiger partial charge in [-0.25, -0.2) is 0 Å². The van der Waals surface area contributed by atoms with Gasteiger partial charge in [0.25, 0.3) is 0 Å². The summed E-state index contributed by atoms with van der Waals surface area (Å²) in [6, 6.07) is 5.57. The number of hydrogen-bond donors (Lipinski definition) is 0. The lowest BCUT2D eigenvalue weighted by Crippen LogP contribution is -2.09. The van der Waals surface area contributed by atoms with E-state index in [2.05, 4.69) is 13.8 Å². The van der Waals surface area contributed by atoms with E-state index < -0.39 is 0 Å². The van der Waals surface area contributed by atoms with Crippen LogP contribution in [0.15, 0.2) is 18.2 Å². The maximum Gasteiger partial charge on any atom is 0.0544 e. The van der Waals surface area contributed by atoms with Gasteiger partial charge in [0, 0.05) is 10.0 Å². The molecule has 0 aromatic heterocycles. The molecule has 1 unspecified atom stereocenters. The Morgan fingerprint density at radius 2 is 2.07 bits per heavy atom. The van der Waals surface area contributed by atoms with Gasteiger partial charge in [0.05, 0.1) is 12.7 Å². The van der Waals surface area contributed by atoms with Gasteiger partial charge < -0.3 is 4.74 Å².